The fourth-order valence-electron chi connectivity index (χ4n) is 2.26. The van der Waals surface area contributed by atoms with Gasteiger partial charge in [-0.1, -0.05) is 45.4 Å². The Morgan fingerprint density at radius 3 is 2.29 bits per heavy atom. The van der Waals surface area contributed by atoms with E-state index in [2.05, 4.69) is 16.9 Å². The van der Waals surface area contributed by atoms with Gasteiger partial charge in [0.05, 0.1) is 5.69 Å². The molecule has 21 heavy (non-hydrogen) atoms. The molecule has 0 unspecified atom stereocenters. The van der Waals surface area contributed by atoms with Gasteiger partial charge in [0.15, 0.2) is 0 Å². The summed E-state index contributed by atoms with van der Waals surface area (Å²) in [5.74, 6) is 0.623. The predicted molar refractivity (Wildman–Crippen MR) is 87.2 cm³/mol. The van der Waals surface area contributed by atoms with Crippen LogP contribution in [0.5, 0.6) is 0 Å². The Hall–Kier alpha value is -1.10. The van der Waals surface area contributed by atoms with E-state index in [9.17, 15) is 9.90 Å². The minimum absolute atomic E-state index is 0.258. The summed E-state index contributed by atoms with van der Waals surface area (Å²) in [5, 5.41) is 9.88. The molecule has 0 aliphatic rings. The van der Waals surface area contributed by atoms with Gasteiger partial charge < -0.3 is 5.11 Å². The van der Waals surface area contributed by atoms with Crippen LogP contribution in [0.15, 0.2) is 5.03 Å². The van der Waals surface area contributed by atoms with Crippen molar-refractivity contribution in [2.75, 3.05) is 5.75 Å². The summed E-state index contributed by atoms with van der Waals surface area (Å²) >= 11 is 1.54. The molecule has 0 bridgehead atoms. The third kappa shape index (κ3) is 6.46. The molecule has 0 saturated carbocycles. The Morgan fingerprint density at radius 2 is 1.67 bits per heavy atom. The molecular weight excluding hydrogens is 284 g/mol. The van der Waals surface area contributed by atoms with Crippen LogP contribution < -0.4 is 0 Å². The first-order valence-corrected chi connectivity index (χ1v) is 8.76. The van der Waals surface area contributed by atoms with Crippen LogP contribution in [-0.4, -0.2) is 26.8 Å². The van der Waals surface area contributed by atoms with E-state index < -0.39 is 5.97 Å². The monoisotopic (exact) mass is 310 g/mol. The first-order valence-electron chi connectivity index (χ1n) is 7.77. The zero-order valence-corrected chi connectivity index (χ0v) is 14.1. The van der Waals surface area contributed by atoms with Crippen LogP contribution in [0.25, 0.3) is 0 Å². The number of hydrogen-bond acceptors (Lipinski definition) is 4. The average molecular weight is 310 g/mol. The Kier molecular flexibility index (Phi) is 8.35. The van der Waals surface area contributed by atoms with Crippen molar-refractivity contribution in [2.45, 2.75) is 70.7 Å². The SMILES string of the molecule is CCCCCCCCCSc1nc(C)nc(C)c1C(=O)O. The molecular formula is C16H26N2O2S. The highest BCUT2D eigenvalue weighted by Crippen LogP contribution is 2.24. The summed E-state index contributed by atoms with van der Waals surface area (Å²) in [7, 11) is 0. The van der Waals surface area contributed by atoms with Crippen molar-refractivity contribution in [2.24, 2.45) is 0 Å². The molecule has 1 N–H and O–H groups in total. The molecule has 0 amide bonds. The normalized spacial score (nSPS) is 10.8. The number of aromatic nitrogens is 2. The third-order valence-electron chi connectivity index (χ3n) is 3.37. The number of unbranched alkanes of at least 4 members (excludes halogenated alkanes) is 6. The quantitative estimate of drug-likeness (QED) is 0.387. The van der Waals surface area contributed by atoms with Crippen molar-refractivity contribution in [3.8, 4) is 0 Å². The summed E-state index contributed by atoms with van der Waals surface area (Å²) < 4.78 is 0. The van der Waals surface area contributed by atoms with Crippen LogP contribution in [0.3, 0.4) is 0 Å². The second-order valence-electron chi connectivity index (χ2n) is 5.31. The average Bonchev–Trinajstić information content (AvgIpc) is 2.40. The van der Waals surface area contributed by atoms with Crippen LogP contribution in [0.4, 0.5) is 0 Å². The molecule has 0 aromatic carbocycles. The number of carboxylic acid groups (broad SMARTS) is 1. The van der Waals surface area contributed by atoms with Crippen molar-refractivity contribution < 1.29 is 9.90 Å². The Morgan fingerprint density at radius 1 is 1.05 bits per heavy atom. The summed E-state index contributed by atoms with van der Waals surface area (Å²) in [4.78, 5) is 19.7. The highest BCUT2D eigenvalue weighted by atomic mass is 32.2. The smallest absolute Gasteiger partial charge is 0.340 e. The van der Waals surface area contributed by atoms with Gasteiger partial charge in [-0.25, -0.2) is 14.8 Å². The lowest BCUT2D eigenvalue weighted by atomic mass is 10.1. The fraction of sp³-hybridized carbons (Fsp3) is 0.688. The van der Waals surface area contributed by atoms with Gasteiger partial charge in [0, 0.05) is 0 Å². The molecule has 118 valence electrons. The van der Waals surface area contributed by atoms with Gasteiger partial charge in [-0.15, -0.1) is 11.8 Å². The standard InChI is InChI=1S/C16H26N2O2S/c1-4-5-6-7-8-9-10-11-21-15-14(16(19)20)12(2)17-13(3)18-15/h4-11H2,1-3H3,(H,19,20). The third-order valence-corrected chi connectivity index (χ3v) is 4.43. The van der Waals surface area contributed by atoms with Crippen LogP contribution in [-0.2, 0) is 0 Å². The van der Waals surface area contributed by atoms with E-state index in [0.717, 1.165) is 12.2 Å². The molecule has 1 aromatic rings. The number of carbonyl (C=O) groups is 1. The zero-order chi connectivity index (χ0) is 15.7. The van der Waals surface area contributed by atoms with Crippen molar-refractivity contribution in [3.05, 3.63) is 17.1 Å². The van der Waals surface area contributed by atoms with Crippen LogP contribution in [0.2, 0.25) is 0 Å². The van der Waals surface area contributed by atoms with Crippen molar-refractivity contribution in [3.63, 3.8) is 0 Å². The molecule has 0 spiro atoms. The van der Waals surface area contributed by atoms with E-state index in [1.54, 1.807) is 25.6 Å². The van der Waals surface area contributed by atoms with Crippen molar-refractivity contribution in [1.29, 1.82) is 0 Å². The second-order valence-corrected chi connectivity index (χ2v) is 6.39. The number of aryl methyl sites for hydroxylation is 2. The number of carboxylic acids is 1. The molecule has 0 atom stereocenters. The molecule has 1 heterocycles. The lowest BCUT2D eigenvalue weighted by Gasteiger charge is -2.08. The number of nitrogens with zero attached hydrogens (tertiary/aromatic N) is 2. The molecule has 1 aromatic heterocycles. The van der Waals surface area contributed by atoms with Gasteiger partial charge in [0.2, 0.25) is 0 Å². The summed E-state index contributed by atoms with van der Waals surface area (Å²) in [6, 6.07) is 0. The van der Waals surface area contributed by atoms with Crippen molar-refractivity contribution in [1.82, 2.24) is 9.97 Å². The molecule has 0 radical (unpaired) electrons. The lowest BCUT2D eigenvalue weighted by Crippen LogP contribution is -2.08. The first kappa shape index (κ1) is 18.0. The maximum Gasteiger partial charge on any atom is 0.340 e. The number of aromatic carboxylic acids is 1. The minimum Gasteiger partial charge on any atom is -0.478 e. The van der Waals surface area contributed by atoms with Gasteiger partial charge in [-0.3, -0.25) is 0 Å². The molecule has 0 saturated heterocycles. The number of rotatable bonds is 10. The maximum atomic E-state index is 11.3. The highest BCUT2D eigenvalue weighted by molar-refractivity contribution is 7.99. The predicted octanol–water partition coefficient (Wildman–Crippen LogP) is 4.63. The first-order chi connectivity index (χ1) is 10.1. The van der Waals surface area contributed by atoms with Crippen LogP contribution in [0.1, 0.15) is 73.7 Å². The number of thioether (sulfide) groups is 1. The summed E-state index contributed by atoms with van der Waals surface area (Å²) in [6.45, 7) is 5.76. The number of hydrogen-bond donors (Lipinski definition) is 1. The Bertz CT molecular complexity index is 464. The minimum atomic E-state index is -0.936. The largest absolute Gasteiger partial charge is 0.478 e. The second kappa shape index (κ2) is 9.77. The molecule has 4 nitrogen and oxygen atoms in total. The van der Waals surface area contributed by atoms with E-state index in [1.165, 1.54) is 38.5 Å². The maximum absolute atomic E-state index is 11.3. The topological polar surface area (TPSA) is 63.1 Å². The van der Waals surface area contributed by atoms with Gasteiger partial charge in [0.25, 0.3) is 0 Å². The van der Waals surface area contributed by atoms with Crippen molar-refractivity contribution >= 4 is 17.7 Å². The highest BCUT2D eigenvalue weighted by Gasteiger charge is 2.17. The Balaban J connectivity index is 2.40. The molecule has 0 aliphatic heterocycles. The van der Waals surface area contributed by atoms with Gasteiger partial charge in [0.1, 0.15) is 16.4 Å². The summed E-state index contributed by atoms with van der Waals surface area (Å²) in [5.41, 5.74) is 0.811. The van der Waals surface area contributed by atoms with E-state index in [1.807, 2.05) is 0 Å². The Labute approximate surface area is 131 Å². The van der Waals surface area contributed by atoms with Crippen LogP contribution in [0, 0.1) is 13.8 Å². The van der Waals surface area contributed by atoms with E-state index in [4.69, 9.17) is 0 Å². The lowest BCUT2D eigenvalue weighted by molar-refractivity contribution is 0.0690. The molecule has 1 rings (SSSR count). The molecule has 0 aliphatic carbocycles. The van der Waals surface area contributed by atoms with Gasteiger partial charge >= 0.3 is 5.97 Å². The zero-order valence-electron chi connectivity index (χ0n) is 13.3. The summed E-state index contributed by atoms with van der Waals surface area (Å²) in [6.07, 6.45) is 8.84. The molecule has 5 heteroatoms. The molecule has 0 fully saturated rings. The van der Waals surface area contributed by atoms with Gasteiger partial charge in [-0.2, -0.15) is 0 Å². The van der Waals surface area contributed by atoms with E-state index in [-0.39, 0.29) is 5.56 Å². The van der Waals surface area contributed by atoms with E-state index in [0.29, 0.717) is 16.5 Å². The van der Waals surface area contributed by atoms with E-state index >= 15 is 0 Å². The van der Waals surface area contributed by atoms with Crippen LogP contribution >= 0.6 is 11.8 Å². The van der Waals surface area contributed by atoms with Gasteiger partial charge in [-0.05, 0) is 26.0 Å². The fourth-order valence-corrected chi connectivity index (χ4v) is 3.38.